The lowest BCUT2D eigenvalue weighted by Gasteiger charge is -2.17. The van der Waals surface area contributed by atoms with Crippen LogP contribution in [0.2, 0.25) is 5.02 Å². The number of fused-ring (bicyclic) bond motifs is 1. The van der Waals surface area contributed by atoms with Gasteiger partial charge in [-0.2, -0.15) is 5.10 Å². The lowest BCUT2D eigenvalue weighted by atomic mass is 10.1. The second-order valence-electron chi connectivity index (χ2n) is 5.87. The van der Waals surface area contributed by atoms with E-state index in [1.54, 1.807) is 6.07 Å². The Kier molecular flexibility index (Phi) is 6.48. The zero-order valence-electron chi connectivity index (χ0n) is 14.7. The summed E-state index contributed by atoms with van der Waals surface area (Å²) >= 11 is 9.65. The standard InChI is InChI=1S/C21H18BrClN2O2/c1-2-18(21(26)25-24-13-15-8-4-6-10-17(15)23)27-19-12-11-14-7-3-5-9-16(14)20(19)22/h3-13,18H,2H2,1H3,(H,25,26)/b24-13-/t18-/m1/s1. The molecule has 0 aliphatic heterocycles. The van der Waals surface area contributed by atoms with Crippen LogP contribution in [0.1, 0.15) is 18.9 Å². The molecule has 3 aromatic rings. The molecule has 0 heterocycles. The number of halogens is 2. The van der Waals surface area contributed by atoms with Crippen LogP contribution >= 0.6 is 27.5 Å². The third-order valence-corrected chi connectivity index (χ3v) is 5.21. The molecule has 1 N–H and O–H groups in total. The van der Waals surface area contributed by atoms with Crippen LogP contribution in [0.4, 0.5) is 0 Å². The summed E-state index contributed by atoms with van der Waals surface area (Å²) in [5.41, 5.74) is 3.25. The molecule has 0 bridgehead atoms. The molecular weight excluding hydrogens is 428 g/mol. The van der Waals surface area contributed by atoms with Crippen molar-refractivity contribution in [2.75, 3.05) is 0 Å². The highest BCUT2D eigenvalue weighted by Crippen LogP contribution is 2.33. The van der Waals surface area contributed by atoms with E-state index in [0.29, 0.717) is 17.2 Å². The van der Waals surface area contributed by atoms with Gasteiger partial charge in [-0.25, -0.2) is 5.43 Å². The molecule has 0 aliphatic rings. The number of carbonyl (C=O) groups excluding carboxylic acids is 1. The van der Waals surface area contributed by atoms with Gasteiger partial charge in [-0.15, -0.1) is 0 Å². The molecule has 0 saturated heterocycles. The molecule has 1 amide bonds. The molecule has 27 heavy (non-hydrogen) atoms. The van der Waals surface area contributed by atoms with Crippen molar-refractivity contribution in [1.82, 2.24) is 5.43 Å². The second-order valence-corrected chi connectivity index (χ2v) is 7.07. The number of rotatable bonds is 6. The summed E-state index contributed by atoms with van der Waals surface area (Å²) in [5, 5.41) is 6.68. The van der Waals surface area contributed by atoms with E-state index in [1.807, 2.05) is 61.5 Å². The van der Waals surface area contributed by atoms with Crippen LogP contribution in [0.5, 0.6) is 5.75 Å². The molecule has 0 saturated carbocycles. The van der Waals surface area contributed by atoms with E-state index >= 15 is 0 Å². The molecule has 0 unspecified atom stereocenters. The number of hydrazone groups is 1. The van der Waals surface area contributed by atoms with Crippen LogP contribution in [0.25, 0.3) is 10.8 Å². The fraction of sp³-hybridized carbons (Fsp3) is 0.143. The maximum Gasteiger partial charge on any atom is 0.281 e. The van der Waals surface area contributed by atoms with Gasteiger partial charge in [0.25, 0.3) is 5.91 Å². The highest BCUT2D eigenvalue weighted by Gasteiger charge is 2.19. The van der Waals surface area contributed by atoms with Gasteiger partial charge in [0.2, 0.25) is 0 Å². The molecule has 138 valence electrons. The number of amides is 1. The third kappa shape index (κ3) is 4.67. The van der Waals surface area contributed by atoms with Crippen LogP contribution in [-0.4, -0.2) is 18.2 Å². The van der Waals surface area contributed by atoms with Crippen LogP contribution in [0.15, 0.2) is 70.2 Å². The van der Waals surface area contributed by atoms with Gasteiger partial charge in [0, 0.05) is 10.6 Å². The average molecular weight is 446 g/mol. The number of hydrogen-bond donors (Lipinski definition) is 1. The Hall–Kier alpha value is -2.37. The van der Waals surface area contributed by atoms with E-state index in [2.05, 4.69) is 26.5 Å². The van der Waals surface area contributed by atoms with Gasteiger partial charge in [-0.05, 0) is 45.3 Å². The number of nitrogens with one attached hydrogen (secondary N) is 1. The molecule has 0 radical (unpaired) electrons. The van der Waals surface area contributed by atoms with Crippen LogP contribution in [-0.2, 0) is 4.79 Å². The zero-order chi connectivity index (χ0) is 19.2. The summed E-state index contributed by atoms with van der Waals surface area (Å²) in [5.74, 6) is 0.298. The molecule has 1 atom stereocenters. The summed E-state index contributed by atoms with van der Waals surface area (Å²) < 4.78 is 6.76. The van der Waals surface area contributed by atoms with Gasteiger partial charge in [0.05, 0.1) is 10.7 Å². The number of ether oxygens (including phenoxy) is 1. The van der Waals surface area contributed by atoms with Crippen molar-refractivity contribution in [2.24, 2.45) is 5.10 Å². The van der Waals surface area contributed by atoms with Gasteiger partial charge < -0.3 is 4.74 Å². The highest BCUT2D eigenvalue weighted by atomic mass is 79.9. The van der Waals surface area contributed by atoms with Crippen molar-refractivity contribution in [3.05, 3.63) is 75.7 Å². The Balaban J connectivity index is 1.71. The van der Waals surface area contributed by atoms with Crippen molar-refractivity contribution in [1.29, 1.82) is 0 Å². The van der Waals surface area contributed by atoms with Gasteiger partial charge >= 0.3 is 0 Å². The smallest absolute Gasteiger partial charge is 0.281 e. The predicted molar refractivity (Wildman–Crippen MR) is 114 cm³/mol. The summed E-state index contributed by atoms with van der Waals surface area (Å²) in [4.78, 5) is 12.4. The lowest BCUT2D eigenvalue weighted by Crippen LogP contribution is -2.35. The topological polar surface area (TPSA) is 50.7 Å². The Morgan fingerprint density at radius 3 is 2.70 bits per heavy atom. The monoisotopic (exact) mass is 444 g/mol. The van der Waals surface area contributed by atoms with E-state index in [9.17, 15) is 4.79 Å². The maximum atomic E-state index is 12.4. The van der Waals surface area contributed by atoms with Gasteiger partial charge in [0.15, 0.2) is 6.10 Å². The molecular formula is C21H18BrClN2O2. The lowest BCUT2D eigenvalue weighted by molar-refractivity contribution is -0.128. The molecule has 0 aliphatic carbocycles. The predicted octanol–water partition coefficient (Wildman–Crippen LogP) is 5.56. The minimum atomic E-state index is -0.661. The van der Waals surface area contributed by atoms with Crippen molar-refractivity contribution in [3.63, 3.8) is 0 Å². The maximum absolute atomic E-state index is 12.4. The van der Waals surface area contributed by atoms with Crippen molar-refractivity contribution in [3.8, 4) is 5.75 Å². The number of benzene rings is 3. The fourth-order valence-electron chi connectivity index (χ4n) is 2.60. The number of hydrogen-bond acceptors (Lipinski definition) is 3. The van der Waals surface area contributed by atoms with Crippen molar-refractivity contribution < 1.29 is 9.53 Å². The Morgan fingerprint density at radius 2 is 1.93 bits per heavy atom. The number of nitrogens with zero attached hydrogens (tertiary/aromatic N) is 1. The first kappa shape index (κ1) is 19.4. The van der Waals surface area contributed by atoms with Crippen molar-refractivity contribution in [2.45, 2.75) is 19.4 Å². The fourth-order valence-corrected chi connectivity index (χ4v) is 3.37. The van der Waals surface area contributed by atoms with E-state index in [0.717, 1.165) is 20.8 Å². The highest BCUT2D eigenvalue weighted by molar-refractivity contribution is 9.10. The molecule has 0 aromatic heterocycles. The summed E-state index contributed by atoms with van der Waals surface area (Å²) in [6.45, 7) is 1.89. The first-order valence-corrected chi connectivity index (χ1v) is 9.68. The van der Waals surface area contributed by atoms with E-state index < -0.39 is 6.10 Å². The van der Waals surface area contributed by atoms with Crippen molar-refractivity contribution >= 4 is 50.4 Å². The Labute approximate surface area is 171 Å². The van der Waals surface area contributed by atoms with Gasteiger partial charge in [-0.1, -0.05) is 67.1 Å². The SMILES string of the molecule is CC[C@@H](Oc1ccc2ccccc2c1Br)C(=O)N/N=C\c1ccccc1Cl. The average Bonchev–Trinajstić information content (AvgIpc) is 2.69. The van der Waals surface area contributed by atoms with E-state index in [-0.39, 0.29) is 5.91 Å². The van der Waals surface area contributed by atoms with Crippen LogP contribution in [0, 0.1) is 0 Å². The molecule has 3 rings (SSSR count). The quantitative estimate of drug-likeness (QED) is 0.399. The number of carbonyl (C=O) groups is 1. The summed E-state index contributed by atoms with van der Waals surface area (Å²) in [6.07, 6.45) is 1.36. The molecule has 4 nitrogen and oxygen atoms in total. The minimum absolute atomic E-state index is 0.319. The van der Waals surface area contributed by atoms with E-state index in [1.165, 1.54) is 6.21 Å². The minimum Gasteiger partial charge on any atom is -0.479 e. The normalized spacial score (nSPS) is 12.3. The molecule has 6 heteroatoms. The van der Waals surface area contributed by atoms with Crippen LogP contribution in [0.3, 0.4) is 0 Å². The molecule has 3 aromatic carbocycles. The Morgan fingerprint density at radius 1 is 1.19 bits per heavy atom. The van der Waals surface area contributed by atoms with E-state index in [4.69, 9.17) is 16.3 Å². The Bertz CT molecular complexity index is 991. The zero-order valence-corrected chi connectivity index (χ0v) is 17.0. The molecule has 0 fully saturated rings. The summed E-state index contributed by atoms with van der Waals surface area (Å²) in [6, 6.07) is 19.1. The van der Waals surface area contributed by atoms with Crippen LogP contribution < -0.4 is 10.2 Å². The first-order chi connectivity index (χ1) is 13.1. The third-order valence-electron chi connectivity index (χ3n) is 4.04. The molecule has 0 spiro atoms. The van der Waals surface area contributed by atoms with Gasteiger partial charge in [0.1, 0.15) is 5.75 Å². The van der Waals surface area contributed by atoms with Gasteiger partial charge in [-0.3, -0.25) is 4.79 Å². The summed E-state index contributed by atoms with van der Waals surface area (Å²) in [7, 11) is 0. The first-order valence-electron chi connectivity index (χ1n) is 8.51. The largest absolute Gasteiger partial charge is 0.479 e. The second kappa shape index (κ2) is 9.02.